The number of rotatable bonds is 15. The van der Waals surface area contributed by atoms with Crippen LogP contribution in [0.15, 0.2) is 116 Å². The lowest BCUT2D eigenvalue weighted by Crippen LogP contribution is -2.53. The number of nitrogens with one attached hydrogen (secondary N) is 3. The molecule has 1 unspecified atom stereocenters. The first kappa shape index (κ1) is 45.2. The highest BCUT2D eigenvalue weighted by atomic mass is 16.6. The van der Waals surface area contributed by atoms with E-state index in [1.165, 1.54) is 7.11 Å². The van der Waals surface area contributed by atoms with Crippen LogP contribution < -0.4 is 15.8 Å². The van der Waals surface area contributed by atoms with Crippen LogP contribution in [-0.2, 0) is 32.1 Å². The molecule has 15 nitrogen and oxygen atoms in total. The van der Waals surface area contributed by atoms with Crippen molar-refractivity contribution in [1.29, 1.82) is 0 Å². The third kappa shape index (κ3) is 9.94. The Labute approximate surface area is 384 Å². The molecular weight excluding hydrogens is 837 g/mol. The quantitative estimate of drug-likeness (QED) is 0.0781. The number of nitrogens with two attached hydrogens (primary N) is 1. The number of methoxy groups -OCH3 is 1. The lowest BCUT2D eigenvalue weighted by atomic mass is 9.90. The van der Waals surface area contributed by atoms with E-state index < -0.39 is 23.8 Å². The molecule has 342 valence electrons. The highest BCUT2D eigenvalue weighted by Gasteiger charge is 2.47. The first-order valence-electron chi connectivity index (χ1n) is 22.4. The SMILES string of the molecule is COC(=O)N[C@@H](Cc1ccc(OCc2ccccc2)cc1)C(=O)N1CCCC1c1ncc(-c2ccc(-c3ccc(-c4cnc([C@H]5CCCN5C(=O)[C@@](C)(OC(N)=O)C(C)C)[nH]4)cc3)cc2)[nH]1. The number of likely N-dealkylation sites (tertiary alicyclic amines) is 2. The highest BCUT2D eigenvalue weighted by Crippen LogP contribution is 2.37. The Balaban J connectivity index is 0.900. The van der Waals surface area contributed by atoms with Gasteiger partial charge in [0.05, 0.1) is 43.0 Å². The Morgan fingerprint density at radius 3 is 1.80 bits per heavy atom. The molecule has 15 heteroatoms. The van der Waals surface area contributed by atoms with Gasteiger partial charge in [-0.1, -0.05) is 105 Å². The Kier molecular flexibility index (Phi) is 13.5. The summed E-state index contributed by atoms with van der Waals surface area (Å²) in [6.07, 6.45) is 5.26. The number of hydrogen-bond acceptors (Lipinski definition) is 9. The van der Waals surface area contributed by atoms with Crippen LogP contribution in [0.2, 0.25) is 0 Å². The summed E-state index contributed by atoms with van der Waals surface area (Å²) < 4.78 is 16.2. The zero-order valence-corrected chi connectivity index (χ0v) is 37.7. The van der Waals surface area contributed by atoms with Gasteiger partial charge < -0.3 is 45.0 Å². The predicted octanol–water partition coefficient (Wildman–Crippen LogP) is 8.52. The van der Waals surface area contributed by atoms with E-state index in [-0.39, 0.29) is 36.2 Å². The normalized spacial score (nSPS) is 17.3. The fourth-order valence-corrected chi connectivity index (χ4v) is 8.80. The number of aromatic nitrogens is 4. The van der Waals surface area contributed by atoms with Crippen LogP contribution in [0, 0.1) is 5.92 Å². The summed E-state index contributed by atoms with van der Waals surface area (Å²) in [5.41, 5.74) is 11.5. The van der Waals surface area contributed by atoms with Crippen molar-refractivity contribution in [2.45, 2.75) is 83.2 Å². The van der Waals surface area contributed by atoms with E-state index in [9.17, 15) is 19.2 Å². The fraction of sp³-hybridized carbons (Fsp3) is 0.333. The summed E-state index contributed by atoms with van der Waals surface area (Å²) in [5.74, 6) is 1.31. The second-order valence-corrected chi connectivity index (χ2v) is 17.4. The summed E-state index contributed by atoms with van der Waals surface area (Å²) in [7, 11) is 1.28. The molecule has 0 spiro atoms. The Morgan fingerprint density at radius 2 is 1.27 bits per heavy atom. The summed E-state index contributed by atoms with van der Waals surface area (Å²) >= 11 is 0. The van der Waals surface area contributed by atoms with Gasteiger partial charge in [-0.05, 0) is 78.1 Å². The lowest BCUT2D eigenvalue weighted by molar-refractivity contribution is -0.155. The van der Waals surface area contributed by atoms with Crippen molar-refractivity contribution in [2.75, 3.05) is 20.2 Å². The molecule has 2 aliphatic rings. The lowest BCUT2D eigenvalue weighted by Gasteiger charge is -2.36. The van der Waals surface area contributed by atoms with Gasteiger partial charge in [0, 0.05) is 25.4 Å². The number of nitrogens with zero attached hydrogens (tertiary/aromatic N) is 4. The second-order valence-electron chi connectivity index (χ2n) is 17.4. The molecule has 2 aliphatic heterocycles. The van der Waals surface area contributed by atoms with Gasteiger partial charge in [0.15, 0.2) is 5.60 Å². The number of imidazole rings is 2. The van der Waals surface area contributed by atoms with Gasteiger partial charge in [-0.2, -0.15) is 0 Å². The van der Waals surface area contributed by atoms with Crippen molar-refractivity contribution in [3.8, 4) is 39.4 Å². The monoisotopic (exact) mass is 892 g/mol. The molecule has 5 N–H and O–H groups in total. The molecule has 4 atom stereocenters. The molecular formula is C51H56N8O7. The van der Waals surface area contributed by atoms with Crippen LogP contribution in [0.3, 0.4) is 0 Å². The third-order valence-electron chi connectivity index (χ3n) is 12.8. The van der Waals surface area contributed by atoms with Crippen LogP contribution in [0.1, 0.15) is 81.3 Å². The van der Waals surface area contributed by atoms with E-state index >= 15 is 0 Å². The number of hydrogen-bond donors (Lipinski definition) is 4. The van der Waals surface area contributed by atoms with Gasteiger partial charge in [-0.3, -0.25) is 9.59 Å². The van der Waals surface area contributed by atoms with Gasteiger partial charge in [0.1, 0.15) is 30.0 Å². The summed E-state index contributed by atoms with van der Waals surface area (Å²) in [6, 6.07) is 32.5. The molecule has 2 fully saturated rings. The van der Waals surface area contributed by atoms with Crippen molar-refractivity contribution < 1.29 is 33.4 Å². The Morgan fingerprint density at radius 1 is 0.742 bits per heavy atom. The van der Waals surface area contributed by atoms with Crippen LogP contribution in [0.5, 0.6) is 5.75 Å². The average Bonchev–Trinajstić information content (AvgIpc) is 4.19. The van der Waals surface area contributed by atoms with Crippen LogP contribution in [-0.4, -0.2) is 85.6 Å². The van der Waals surface area contributed by atoms with Crippen molar-refractivity contribution >= 4 is 24.0 Å². The number of primary amides is 1. The number of aromatic amines is 2. The van der Waals surface area contributed by atoms with Gasteiger partial charge in [0.25, 0.3) is 5.91 Å². The summed E-state index contributed by atoms with van der Waals surface area (Å²) in [4.78, 5) is 71.9. The molecule has 4 amide bonds. The van der Waals surface area contributed by atoms with Gasteiger partial charge in [-0.25, -0.2) is 19.6 Å². The van der Waals surface area contributed by atoms with Crippen LogP contribution >= 0.6 is 0 Å². The van der Waals surface area contributed by atoms with E-state index in [2.05, 4.69) is 44.5 Å². The van der Waals surface area contributed by atoms with Gasteiger partial charge in [-0.15, -0.1) is 0 Å². The van der Waals surface area contributed by atoms with E-state index in [0.29, 0.717) is 37.1 Å². The maximum Gasteiger partial charge on any atom is 0.407 e. The maximum atomic E-state index is 14.2. The number of ether oxygens (including phenoxy) is 3. The minimum Gasteiger partial charge on any atom is -0.489 e. The molecule has 0 bridgehead atoms. The van der Waals surface area contributed by atoms with E-state index in [1.807, 2.05) is 92.7 Å². The van der Waals surface area contributed by atoms with Crippen LogP contribution in [0.4, 0.5) is 9.59 Å². The zero-order valence-electron chi connectivity index (χ0n) is 37.7. The van der Waals surface area contributed by atoms with Crippen molar-refractivity contribution in [3.63, 3.8) is 0 Å². The Bertz CT molecular complexity index is 2630. The topological polar surface area (TPSA) is 198 Å². The molecule has 2 saturated heterocycles. The molecule has 0 saturated carbocycles. The van der Waals surface area contributed by atoms with Crippen molar-refractivity contribution in [3.05, 3.63) is 138 Å². The largest absolute Gasteiger partial charge is 0.489 e. The minimum absolute atomic E-state index is 0.205. The number of alkyl carbamates (subject to hydrolysis) is 1. The highest BCUT2D eigenvalue weighted by molar-refractivity contribution is 5.88. The standard InChI is InChI=1S/C51H56N8O7/c1-32(2)51(3,66-49(52)62)48(61)59-27-9-13-44(59)46-54-30-42(56-46)38-22-18-36(19-23-38)35-16-20-37(21-17-35)41-29-53-45(55-41)43-12-8-26-58(43)47(60)40(57-50(63)64-4)28-33-14-24-39(25-15-33)65-31-34-10-6-5-7-11-34/h5-7,10-11,14-25,29-30,32,40,43-44H,8-9,12-13,26-28,31H2,1-4H3,(H2,52,62)(H,53,55)(H,54,56)(H,57,63)/t40-,43?,44+,51-/m0/s1. The first-order chi connectivity index (χ1) is 31.9. The number of H-pyrrole nitrogens is 2. The summed E-state index contributed by atoms with van der Waals surface area (Å²) in [5, 5.41) is 2.77. The molecule has 4 heterocycles. The third-order valence-corrected chi connectivity index (χ3v) is 12.8. The number of amides is 4. The van der Waals surface area contributed by atoms with Gasteiger partial charge >= 0.3 is 12.2 Å². The molecule has 4 aromatic carbocycles. The fourth-order valence-electron chi connectivity index (χ4n) is 8.80. The molecule has 66 heavy (non-hydrogen) atoms. The molecule has 0 aliphatic carbocycles. The smallest absolute Gasteiger partial charge is 0.407 e. The van der Waals surface area contributed by atoms with E-state index in [4.69, 9.17) is 24.9 Å². The van der Waals surface area contributed by atoms with E-state index in [1.54, 1.807) is 29.1 Å². The zero-order chi connectivity index (χ0) is 46.4. The number of carbonyl (C=O) groups is 4. The average molecular weight is 893 g/mol. The molecule has 8 rings (SSSR count). The number of benzene rings is 4. The minimum atomic E-state index is -1.38. The molecule has 6 aromatic rings. The van der Waals surface area contributed by atoms with Crippen molar-refractivity contribution in [2.24, 2.45) is 11.7 Å². The molecule has 0 radical (unpaired) electrons. The van der Waals surface area contributed by atoms with E-state index in [0.717, 1.165) is 70.5 Å². The molecule has 2 aromatic heterocycles. The predicted molar refractivity (Wildman–Crippen MR) is 249 cm³/mol. The summed E-state index contributed by atoms with van der Waals surface area (Å²) in [6.45, 7) is 6.79. The second kappa shape index (κ2) is 19.8. The maximum absolute atomic E-state index is 14.2. The van der Waals surface area contributed by atoms with Crippen molar-refractivity contribution in [1.82, 2.24) is 35.1 Å². The Hall–Kier alpha value is -7.42. The van der Waals surface area contributed by atoms with Crippen LogP contribution in [0.25, 0.3) is 33.6 Å². The number of carbonyl (C=O) groups excluding carboxylic acids is 4. The first-order valence-corrected chi connectivity index (χ1v) is 22.4. The van der Waals surface area contributed by atoms with Gasteiger partial charge in [0.2, 0.25) is 5.91 Å².